The summed E-state index contributed by atoms with van der Waals surface area (Å²) in [6.45, 7) is 5.73. The van der Waals surface area contributed by atoms with E-state index < -0.39 is 11.9 Å². The van der Waals surface area contributed by atoms with Crippen LogP contribution in [0.15, 0.2) is 24.5 Å². The normalized spacial score (nSPS) is 13.2. The second kappa shape index (κ2) is 6.20. The van der Waals surface area contributed by atoms with E-state index in [-0.39, 0.29) is 11.0 Å². The first-order chi connectivity index (χ1) is 12.9. The summed E-state index contributed by atoms with van der Waals surface area (Å²) >= 11 is 1.16. The number of thiophene rings is 1. The Bertz CT molecular complexity index is 1090. The molecule has 0 spiro atoms. The maximum absolute atomic E-state index is 12.9. The van der Waals surface area contributed by atoms with Crippen LogP contribution in [0.3, 0.4) is 0 Å². The summed E-state index contributed by atoms with van der Waals surface area (Å²) in [4.78, 5) is 35.7. The average molecular weight is 383 g/mol. The molecule has 3 amide bonds. The van der Waals surface area contributed by atoms with Gasteiger partial charge in [0, 0.05) is 12.3 Å². The Morgan fingerprint density at radius 2 is 2.11 bits per heavy atom. The molecule has 0 aromatic carbocycles. The van der Waals surface area contributed by atoms with E-state index in [1.165, 1.54) is 4.90 Å². The highest BCUT2D eigenvalue weighted by Crippen LogP contribution is 2.46. The highest BCUT2D eigenvalue weighted by molar-refractivity contribution is 7.21. The Morgan fingerprint density at radius 1 is 1.33 bits per heavy atom. The van der Waals surface area contributed by atoms with Crippen molar-refractivity contribution < 1.29 is 14.3 Å². The Hall–Kier alpha value is -3.20. The number of hydrogen-bond donors (Lipinski definition) is 2. The molecule has 0 saturated heterocycles. The van der Waals surface area contributed by atoms with Crippen molar-refractivity contribution in [2.24, 2.45) is 5.73 Å². The molecule has 4 rings (SSSR count). The fraction of sp³-hybridized carbons (Fsp3) is 0.222. The number of nitrogens with two attached hydrogens (primary N) is 1. The van der Waals surface area contributed by atoms with Gasteiger partial charge in [0.2, 0.25) is 5.88 Å². The molecule has 9 heteroatoms. The molecular weight excluding hydrogens is 366 g/mol. The number of carbonyl (C=O) groups excluding carboxylic acids is 2. The minimum atomic E-state index is -0.597. The van der Waals surface area contributed by atoms with Crippen LogP contribution in [0.25, 0.3) is 10.2 Å². The smallest absolute Gasteiger partial charge is 0.331 e. The molecule has 3 aromatic rings. The van der Waals surface area contributed by atoms with E-state index in [1.54, 1.807) is 24.5 Å². The first-order valence-corrected chi connectivity index (χ1v) is 9.14. The minimum absolute atomic E-state index is 0.00134. The van der Waals surface area contributed by atoms with Crippen LogP contribution in [0, 0.1) is 6.92 Å². The number of hydrogen-bond acceptors (Lipinski definition) is 6. The van der Waals surface area contributed by atoms with Gasteiger partial charge >= 0.3 is 6.03 Å². The molecule has 0 radical (unpaired) electrons. The summed E-state index contributed by atoms with van der Waals surface area (Å²) in [6, 6.07) is 3.14. The third kappa shape index (κ3) is 2.76. The molecule has 8 nitrogen and oxygen atoms in total. The minimum Gasteiger partial charge on any atom is -0.475 e. The number of ether oxygens (including phenoxy) is 1. The molecule has 4 heterocycles. The SMILES string of the molecule is Cc1cc(OC(C)C)ncc1N1C(=O)Nc2c(C(N)=O)sc3nccc1c23. The second-order valence-corrected chi connectivity index (χ2v) is 7.42. The van der Waals surface area contributed by atoms with Crippen molar-refractivity contribution in [1.29, 1.82) is 0 Å². The zero-order chi connectivity index (χ0) is 19.3. The quantitative estimate of drug-likeness (QED) is 0.715. The third-order valence-corrected chi connectivity index (χ3v) is 5.24. The summed E-state index contributed by atoms with van der Waals surface area (Å²) in [5.41, 5.74) is 7.95. The van der Waals surface area contributed by atoms with Gasteiger partial charge in [-0.25, -0.2) is 14.8 Å². The van der Waals surface area contributed by atoms with Gasteiger partial charge in [-0.05, 0) is 32.4 Å². The molecule has 3 N–H and O–H groups in total. The average Bonchev–Trinajstić information content (AvgIpc) is 2.96. The van der Waals surface area contributed by atoms with Crippen LogP contribution in [0.1, 0.15) is 29.1 Å². The Kier molecular flexibility index (Phi) is 3.96. The highest BCUT2D eigenvalue weighted by Gasteiger charge is 2.32. The number of nitrogens with one attached hydrogen (secondary N) is 1. The number of nitrogens with zero attached hydrogens (tertiary/aromatic N) is 3. The van der Waals surface area contributed by atoms with Gasteiger partial charge in [-0.2, -0.15) is 0 Å². The predicted octanol–water partition coefficient (Wildman–Crippen LogP) is 3.57. The van der Waals surface area contributed by atoms with E-state index in [4.69, 9.17) is 10.5 Å². The van der Waals surface area contributed by atoms with Gasteiger partial charge < -0.3 is 15.8 Å². The number of rotatable bonds is 4. The molecule has 0 unspecified atom stereocenters. The van der Waals surface area contributed by atoms with Gasteiger partial charge in [0.25, 0.3) is 5.91 Å². The molecule has 0 bridgehead atoms. The standard InChI is InChI=1S/C18H17N5O3S/c1-8(2)26-12-6-9(3)11(7-21-12)23-10-4-5-20-17-13(10)14(22-18(23)25)15(27-17)16(19)24/h4-8H,1-3H3,(H2,19,24)(H,22,25). The van der Waals surface area contributed by atoms with Crippen LogP contribution in [-0.4, -0.2) is 28.0 Å². The lowest BCUT2D eigenvalue weighted by Crippen LogP contribution is -2.35. The van der Waals surface area contributed by atoms with Gasteiger partial charge in [-0.1, -0.05) is 0 Å². The van der Waals surface area contributed by atoms with Crippen molar-refractivity contribution in [3.8, 4) is 5.88 Å². The summed E-state index contributed by atoms with van der Waals surface area (Å²) in [5, 5.41) is 3.47. The number of carbonyl (C=O) groups is 2. The summed E-state index contributed by atoms with van der Waals surface area (Å²) in [7, 11) is 0. The molecular formula is C18H17N5O3S. The molecule has 0 aliphatic carbocycles. The molecule has 0 saturated carbocycles. The van der Waals surface area contributed by atoms with Crippen molar-refractivity contribution in [2.75, 3.05) is 10.2 Å². The van der Waals surface area contributed by atoms with E-state index in [2.05, 4.69) is 15.3 Å². The fourth-order valence-corrected chi connectivity index (χ4v) is 4.03. The number of aryl methyl sites for hydroxylation is 1. The molecule has 3 aromatic heterocycles. The lowest BCUT2D eigenvalue weighted by Gasteiger charge is -2.29. The topological polar surface area (TPSA) is 110 Å². The molecule has 0 atom stereocenters. The maximum atomic E-state index is 12.9. The zero-order valence-electron chi connectivity index (χ0n) is 14.9. The maximum Gasteiger partial charge on any atom is 0.331 e. The fourth-order valence-electron chi connectivity index (χ4n) is 3.06. The number of amides is 3. The summed E-state index contributed by atoms with van der Waals surface area (Å²) in [5.74, 6) is -0.100. The molecule has 138 valence electrons. The Balaban J connectivity index is 1.88. The van der Waals surface area contributed by atoms with Gasteiger partial charge in [-0.3, -0.25) is 9.69 Å². The van der Waals surface area contributed by atoms with Crippen LogP contribution in [0.2, 0.25) is 0 Å². The number of aromatic nitrogens is 2. The van der Waals surface area contributed by atoms with Gasteiger partial charge in [-0.15, -0.1) is 11.3 Å². The van der Waals surface area contributed by atoms with Gasteiger partial charge in [0.1, 0.15) is 9.71 Å². The highest BCUT2D eigenvalue weighted by atomic mass is 32.1. The largest absolute Gasteiger partial charge is 0.475 e. The third-order valence-electron chi connectivity index (χ3n) is 4.13. The van der Waals surface area contributed by atoms with Crippen molar-refractivity contribution in [3.63, 3.8) is 0 Å². The summed E-state index contributed by atoms with van der Waals surface area (Å²) < 4.78 is 5.62. The van der Waals surface area contributed by atoms with Crippen LogP contribution < -0.4 is 20.7 Å². The number of primary amides is 1. The molecule has 1 aliphatic rings. The van der Waals surface area contributed by atoms with Gasteiger partial charge in [0.15, 0.2) is 0 Å². The first kappa shape index (κ1) is 17.2. The van der Waals surface area contributed by atoms with Crippen molar-refractivity contribution >= 4 is 50.6 Å². The van der Waals surface area contributed by atoms with E-state index in [9.17, 15) is 9.59 Å². The number of urea groups is 1. The van der Waals surface area contributed by atoms with E-state index in [0.29, 0.717) is 33.2 Å². The van der Waals surface area contributed by atoms with Crippen LogP contribution in [0.4, 0.5) is 21.9 Å². The Labute approximate surface area is 159 Å². The van der Waals surface area contributed by atoms with Crippen LogP contribution in [0.5, 0.6) is 5.88 Å². The molecule has 0 fully saturated rings. The van der Waals surface area contributed by atoms with Crippen molar-refractivity contribution in [3.05, 3.63) is 35.0 Å². The summed E-state index contributed by atoms with van der Waals surface area (Å²) in [6.07, 6.45) is 3.21. The van der Waals surface area contributed by atoms with E-state index >= 15 is 0 Å². The molecule has 1 aliphatic heterocycles. The van der Waals surface area contributed by atoms with Gasteiger partial charge in [0.05, 0.1) is 34.7 Å². The van der Waals surface area contributed by atoms with Crippen LogP contribution in [-0.2, 0) is 0 Å². The van der Waals surface area contributed by atoms with Crippen molar-refractivity contribution in [1.82, 2.24) is 9.97 Å². The van der Waals surface area contributed by atoms with E-state index in [0.717, 1.165) is 16.9 Å². The van der Waals surface area contributed by atoms with Crippen molar-refractivity contribution in [2.45, 2.75) is 26.9 Å². The lowest BCUT2D eigenvalue weighted by atomic mass is 10.1. The zero-order valence-corrected chi connectivity index (χ0v) is 15.8. The van der Waals surface area contributed by atoms with Crippen LogP contribution >= 0.6 is 11.3 Å². The monoisotopic (exact) mass is 383 g/mol. The predicted molar refractivity (Wildman–Crippen MR) is 104 cm³/mol. The first-order valence-electron chi connectivity index (χ1n) is 8.32. The lowest BCUT2D eigenvalue weighted by molar-refractivity contribution is 0.100. The number of anilines is 3. The second-order valence-electron chi connectivity index (χ2n) is 6.42. The molecule has 27 heavy (non-hydrogen) atoms. The van der Waals surface area contributed by atoms with E-state index in [1.807, 2.05) is 20.8 Å². The number of pyridine rings is 2. The Morgan fingerprint density at radius 3 is 2.78 bits per heavy atom.